The molecule has 1 amide bonds. The molecule has 0 heterocycles. The zero-order chi connectivity index (χ0) is 13.4. The van der Waals surface area contributed by atoms with Crippen LogP contribution in [0.15, 0.2) is 11.6 Å². The highest BCUT2D eigenvalue weighted by Crippen LogP contribution is 2.01. The normalized spacial score (nSPS) is 10.7. The largest absolute Gasteiger partial charge is 0.466 e. The van der Waals surface area contributed by atoms with Crippen LogP contribution in [0, 0.1) is 0 Å². The van der Waals surface area contributed by atoms with E-state index in [1.165, 1.54) is 18.9 Å². The molecule has 0 fully saturated rings. The highest BCUT2D eigenvalue weighted by Gasteiger charge is 2.17. The summed E-state index contributed by atoms with van der Waals surface area (Å²) >= 11 is 0. The van der Waals surface area contributed by atoms with E-state index in [4.69, 9.17) is 0 Å². The second-order valence-corrected chi connectivity index (χ2v) is 3.18. The Kier molecular flexibility index (Phi) is 6.62. The van der Waals surface area contributed by atoms with Gasteiger partial charge in [-0.3, -0.25) is 0 Å². The van der Waals surface area contributed by atoms with Crippen molar-refractivity contribution < 1.29 is 23.9 Å². The molecule has 0 aliphatic rings. The Labute approximate surface area is 100 Å². The zero-order valence-electron chi connectivity index (χ0n) is 10.5. The highest BCUT2D eigenvalue weighted by molar-refractivity contribution is 5.99. The van der Waals surface area contributed by atoms with Gasteiger partial charge in [-0.2, -0.15) is 0 Å². The third kappa shape index (κ3) is 5.14. The lowest BCUT2D eigenvalue weighted by atomic mass is 10.3. The van der Waals surface area contributed by atoms with Gasteiger partial charge in [0.25, 0.3) is 0 Å². The standard InChI is InChI=1S/C11H17NO5/c1-5-12(6-2)11(15)17-10(14)8(3)7-9(13)16-4/h7H,5-6H2,1-4H3/b8-7+. The number of methoxy groups -OCH3 is 1. The Morgan fingerprint density at radius 2 is 1.71 bits per heavy atom. The smallest absolute Gasteiger partial charge is 0.417 e. The van der Waals surface area contributed by atoms with Crippen molar-refractivity contribution in [2.24, 2.45) is 0 Å². The van der Waals surface area contributed by atoms with Gasteiger partial charge < -0.3 is 14.4 Å². The fourth-order valence-corrected chi connectivity index (χ4v) is 1.00. The van der Waals surface area contributed by atoms with Crippen LogP contribution in [-0.2, 0) is 19.1 Å². The maximum Gasteiger partial charge on any atom is 0.417 e. The van der Waals surface area contributed by atoms with Crippen LogP contribution in [0.3, 0.4) is 0 Å². The minimum absolute atomic E-state index is 0.0114. The molecule has 0 rings (SSSR count). The Hall–Kier alpha value is -1.85. The van der Waals surface area contributed by atoms with E-state index in [0.717, 1.165) is 6.08 Å². The minimum atomic E-state index is -0.854. The third-order valence-corrected chi connectivity index (χ3v) is 2.06. The highest BCUT2D eigenvalue weighted by atomic mass is 16.6. The van der Waals surface area contributed by atoms with Crippen molar-refractivity contribution in [3.05, 3.63) is 11.6 Å². The van der Waals surface area contributed by atoms with E-state index in [-0.39, 0.29) is 5.57 Å². The van der Waals surface area contributed by atoms with Gasteiger partial charge in [0.1, 0.15) is 0 Å². The van der Waals surface area contributed by atoms with Crippen LogP contribution in [0.2, 0.25) is 0 Å². The summed E-state index contributed by atoms with van der Waals surface area (Å²) in [4.78, 5) is 35.0. The monoisotopic (exact) mass is 243 g/mol. The van der Waals surface area contributed by atoms with Crippen LogP contribution >= 0.6 is 0 Å². The third-order valence-electron chi connectivity index (χ3n) is 2.06. The second-order valence-electron chi connectivity index (χ2n) is 3.18. The Bertz CT molecular complexity index is 331. The number of amides is 1. The summed E-state index contributed by atoms with van der Waals surface area (Å²) in [5.41, 5.74) is 0.0114. The van der Waals surface area contributed by atoms with E-state index in [0.29, 0.717) is 13.1 Å². The van der Waals surface area contributed by atoms with Gasteiger partial charge in [0.2, 0.25) is 0 Å². The van der Waals surface area contributed by atoms with Crippen molar-refractivity contribution in [2.75, 3.05) is 20.2 Å². The summed E-state index contributed by atoms with van der Waals surface area (Å²) in [5, 5.41) is 0. The molecule has 0 N–H and O–H groups in total. The number of ether oxygens (including phenoxy) is 2. The lowest BCUT2D eigenvalue weighted by Crippen LogP contribution is -2.33. The average Bonchev–Trinajstić information content (AvgIpc) is 2.30. The van der Waals surface area contributed by atoms with E-state index in [2.05, 4.69) is 9.47 Å². The SMILES string of the molecule is CCN(CC)C(=O)OC(=O)/C(C)=C/C(=O)OC. The number of esters is 2. The number of hydrogen-bond donors (Lipinski definition) is 0. The zero-order valence-corrected chi connectivity index (χ0v) is 10.5. The first-order chi connectivity index (χ1) is 7.96. The summed E-state index contributed by atoms with van der Waals surface area (Å²) in [7, 11) is 1.19. The summed E-state index contributed by atoms with van der Waals surface area (Å²) in [6, 6.07) is 0. The fourth-order valence-electron chi connectivity index (χ4n) is 1.00. The first-order valence-electron chi connectivity index (χ1n) is 5.23. The van der Waals surface area contributed by atoms with Crippen molar-refractivity contribution in [3.8, 4) is 0 Å². The quantitative estimate of drug-likeness (QED) is 0.420. The number of rotatable bonds is 4. The van der Waals surface area contributed by atoms with Crippen molar-refractivity contribution >= 4 is 18.0 Å². The van der Waals surface area contributed by atoms with Gasteiger partial charge in [0.05, 0.1) is 7.11 Å². The molecule has 0 spiro atoms. The fraction of sp³-hybridized carbons (Fsp3) is 0.545. The molecule has 0 saturated heterocycles. The number of carbonyl (C=O) groups excluding carboxylic acids is 3. The molecule has 0 bridgehead atoms. The molecule has 0 unspecified atom stereocenters. The van der Waals surface area contributed by atoms with Crippen LogP contribution < -0.4 is 0 Å². The van der Waals surface area contributed by atoms with Gasteiger partial charge in [0, 0.05) is 24.7 Å². The lowest BCUT2D eigenvalue weighted by molar-refractivity contribution is -0.137. The molecule has 0 aliphatic heterocycles. The summed E-state index contributed by atoms with van der Waals surface area (Å²) in [6.45, 7) is 5.80. The number of hydrogen-bond acceptors (Lipinski definition) is 5. The van der Waals surface area contributed by atoms with Crippen LogP contribution in [0.5, 0.6) is 0 Å². The van der Waals surface area contributed by atoms with E-state index in [1.807, 2.05) is 0 Å². The number of nitrogens with zero attached hydrogens (tertiary/aromatic N) is 1. The van der Waals surface area contributed by atoms with Crippen molar-refractivity contribution in [2.45, 2.75) is 20.8 Å². The Morgan fingerprint density at radius 1 is 1.18 bits per heavy atom. The van der Waals surface area contributed by atoms with E-state index >= 15 is 0 Å². The predicted molar refractivity (Wildman–Crippen MR) is 60.2 cm³/mol. The molecular weight excluding hydrogens is 226 g/mol. The van der Waals surface area contributed by atoms with E-state index in [9.17, 15) is 14.4 Å². The van der Waals surface area contributed by atoms with Crippen molar-refractivity contribution in [3.63, 3.8) is 0 Å². The first kappa shape index (κ1) is 15.2. The van der Waals surface area contributed by atoms with Gasteiger partial charge >= 0.3 is 18.0 Å². The summed E-state index contributed by atoms with van der Waals surface area (Å²) in [6.07, 6.45) is 0.246. The Balaban J connectivity index is 4.49. The molecule has 0 radical (unpaired) electrons. The van der Waals surface area contributed by atoms with Crippen molar-refractivity contribution in [1.29, 1.82) is 0 Å². The van der Waals surface area contributed by atoms with Gasteiger partial charge in [0.15, 0.2) is 0 Å². The van der Waals surface area contributed by atoms with E-state index in [1.54, 1.807) is 13.8 Å². The molecule has 0 atom stereocenters. The van der Waals surface area contributed by atoms with Crippen molar-refractivity contribution in [1.82, 2.24) is 4.90 Å². The molecule has 96 valence electrons. The lowest BCUT2D eigenvalue weighted by Gasteiger charge is -2.16. The molecule has 0 aliphatic carbocycles. The van der Waals surface area contributed by atoms with Crippen LogP contribution in [0.25, 0.3) is 0 Å². The van der Waals surface area contributed by atoms with Gasteiger partial charge in [-0.15, -0.1) is 0 Å². The first-order valence-corrected chi connectivity index (χ1v) is 5.23. The summed E-state index contributed by atoms with van der Waals surface area (Å²) < 4.78 is 8.92. The van der Waals surface area contributed by atoms with Crippen LogP contribution in [0.1, 0.15) is 20.8 Å². The molecule has 0 aromatic carbocycles. The maximum atomic E-state index is 11.4. The molecular formula is C11H17NO5. The second kappa shape index (κ2) is 7.43. The molecule has 0 aromatic rings. The van der Waals surface area contributed by atoms with Crippen LogP contribution in [-0.4, -0.2) is 43.1 Å². The molecule has 17 heavy (non-hydrogen) atoms. The Morgan fingerprint density at radius 3 is 2.12 bits per heavy atom. The van der Waals surface area contributed by atoms with Gasteiger partial charge in [-0.05, 0) is 20.8 Å². The molecule has 6 nitrogen and oxygen atoms in total. The molecule has 0 saturated carbocycles. The number of carbonyl (C=O) groups is 3. The topological polar surface area (TPSA) is 72.9 Å². The molecule has 6 heteroatoms. The minimum Gasteiger partial charge on any atom is -0.466 e. The predicted octanol–water partition coefficient (Wildman–Crippen LogP) is 1.11. The summed E-state index contributed by atoms with van der Waals surface area (Å²) in [5.74, 6) is -1.53. The van der Waals surface area contributed by atoms with Gasteiger partial charge in [-0.1, -0.05) is 0 Å². The molecule has 0 aromatic heterocycles. The van der Waals surface area contributed by atoms with Gasteiger partial charge in [-0.25, -0.2) is 14.4 Å². The maximum absolute atomic E-state index is 11.4. The average molecular weight is 243 g/mol. The van der Waals surface area contributed by atoms with Crippen LogP contribution in [0.4, 0.5) is 4.79 Å². The van der Waals surface area contributed by atoms with E-state index < -0.39 is 18.0 Å².